The van der Waals surface area contributed by atoms with E-state index in [-0.39, 0.29) is 24.8 Å². The first-order chi connectivity index (χ1) is 14.2. The summed E-state index contributed by atoms with van der Waals surface area (Å²) in [5, 5.41) is 13.7. The van der Waals surface area contributed by atoms with E-state index in [0.717, 1.165) is 11.3 Å². The standard InChI is InChI=1S/C19H23N7O4/c1-6-30-16-15(18(28)29)22-19(26(5)17(16)27)24(3)9-12-7-21-14(8-20-12)13-10-25(4)23-11(13)2/h7-8,10H,6,9H2,1-5H3,(H,28,29). The molecular formula is C19H23N7O4. The molecule has 0 saturated heterocycles. The van der Waals surface area contributed by atoms with Gasteiger partial charge in [0.1, 0.15) is 0 Å². The van der Waals surface area contributed by atoms with E-state index in [9.17, 15) is 14.7 Å². The third-order valence-corrected chi connectivity index (χ3v) is 4.45. The molecular weight excluding hydrogens is 390 g/mol. The molecule has 0 fully saturated rings. The third-order valence-electron chi connectivity index (χ3n) is 4.45. The minimum Gasteiger partial charge on any atom is -0.486 e. The van der Waals surface area contributed by atoms with Gasteiger partial charge < -0.3 is 14.7 Å². The van der Waals surface area contributed by atoms with Crippen LogP contribution in [0.5, 0.6) is 5.75 Å². The van der Waals surface area contributed by atoms with Crippen LogP contribution in [0.25, 0.3) is 11.3 Å². The molecule has 0 radical (unpaired) electrons. The number of hydrogen-bond acceptors (Lipinski definition) is 8. The third kappa shape index (κ3) is 4.00. The molecule has 3 rings (SSSR count). The number of anilines is 1. The highest BCUT2D eigenvalue weighted by molar-refractivity contribution is 5.88. The van der Waals surface area contributed by atoms with Gasteiger partial charge in [0.15, 0.2) is 5.69 Å². The van der Waals surface area contributed by atoms with Gasteiger partial charge in [-0.15, -0.1) is 0 Å². The highest BCUT2D eigenvalue weighted by atomic mass is 16.5. The van der Waals surface area contributed by atoms with E-state index in [0.29, 0.717) is 11.4 Å². The normalized spacial score (nSPS) is 10.8. The van der Waals surface area contributed by atoms with Crippen LogP contribution in [-0.2, 0) is 20.6 Å². The second kappa shape index (κ2) is 8.31. The van der Waals surface area contributed by atoms with Gasteiger partial charge in [0, 0.05) is 32.9 Å². The molecule has 0 aromatic carbocycles. The van der Waals surface area contributed by atoms with E-state index >= 15 is 0 Å². The fourth-order valence-electron chi connectivity index (χ4n) is 3.07. The largest absolute Gasteiger partial charge is 0.486 e. The molecule has 0 bridgehead atoms. The number of carboxylic acids is 1. The molecule has 0 saturated carbocycles. The summed E-state index contributed by atoms with van der Waals surface area (Å²) in [5.41, 5.74) is 2.09. The zero-order valence-corrected chi connectivity index (χ0v) is 17.4. The van der Waals surface area contributed by atoms with Crippen molar-refractivity contribution in [2.45, 2.75) is 20.4 Å². The van der Waals surface area contributed by atoms with Gasteiger partial charge in [-0.2, -0.15) is 5.10 Å². The van der Waals surface area contributed by atoms with Gasteiger partial charge in [0.05, 0.1) is 42.6 Å². The van der Waals surface area contributed by atoms with Crippen LogP contribution < -0.4 is 15.2 Å². The second-order valence-corrected chi connectivity index (χ2v) is 6.74. The van der Waals surface area contributed by atoms with Crippen molar-refractivity contribution in [2.75, 3.05) is 18.6 Å². The predicted molar refractivity (Wildman–Crippen MR) is 109 cm³/mol. The van der Waals surface area contributed by atoms with Gasteiger partial charge in [-0.05, 0) is 13.8 Å². The number of hydrogen-bond donors (Lipinski definition) is 1. The summed E-state index contributed by atoms with van der Waals surface area (Å²) in [4.78, 5) is 38.8. The minimum absolute atomic E-state index is 0.157. The molecule has 1 N–H and O–H groups in total. The van der Waals surface area contributed by atoms with Crippen molar-refractivity contribution < 1.29 is 14.6 Å². The van der Waals surface area contributed by atoms with Crippen LogP contribution in [0.15, 0.2) is 23.4 Å². The Labute approximate surface area is 172 Å². The molecule has 0 atom stereocenters. The van der Waals surface area contributed by atoms with Gasteiger partial charge in [-0.25, -0.2) is 9.78 Å². The lowest BCUT2D eigenvalue weighted by molar-refractivity contribution is 0.0685. The Balaban J connectivity index is 1.89. The van der Waals surface area contributed by atoms with E-state index in [1.807, 2.05) is 20.2 Å². The van der Waals surface area contributed by atoms with Crippen molar-refractivity contribution in [3.63, 3.8) is 0 Å². The number of aromatic nitrogens is 6. The Morgan fingerprint density at radius 3 is 2.53 bits per heavy atom. The second-order valence-electron chi connectivity index (χ2n) is 6.74. The summed E-state index contributed by atoms with van der Waals surface area (Å²) in [6, 6.07) is 0. The van der Waals surface area contributed by atoms with Crippen molar-refractivity contribution in [3.8, 4) is 17.0 Å². The predicted octanol–water partition coefficient (Wildman–Crippen LogP) is 1.01. The molecule has 158 valence electrons. The van der Waals surface area contributed by atoms with E-state index in [2.05, 4.69) is 20.1 Å². The van der Waals surface area contributed by atoms with Crippen LogP contribution in [0.3, 0.4) is 0 Å². The van der Waals surface area contributed by atoms with Crippen LogP contribution >= 0.6 is 0 Å². The molecule has 0 spiro atoms. The summed E-state index contributed by atoms with van der Waals surface area (Å²) in [7, 11) is 5.04. The number of carboxylic acid groups (broad SMARTS) is 1. The van der Waals surface area contributed by atoms with Crippen molar-refractivity contribution in [1.82, 2.24) is 29.3 Å². The SMILES string of the molecule is CCOc1c(C(=O)O)nc(N(C)Cc2cnc(-c3cn(C)nc3C)cn2)n(C)c1=O. The Bertz CT molecular complexity index is 1140. The fourth-order valence-corrected chi connectivity index (χ4v) is 3.07. The maximum Gasteiger partial charge on any atom is 0.358 e. The van der Waals surface area contributed by atoms with Gasteiger partial charge in [-0.3, -0.25) is 24.0 Å². The molecule has 0 aliphatic heterocycles. The highest BCUT2D eigenvalue weighted by Crippen LogP contribution is 2.20. The molecule has 3 heterocycles. The Kier molecular flexibility index (Phi) is 5.81. The number of aryl methyl sites for hydroxylation is 2. The summed E-state index contributed by atoms with van der Waals surface area (Å²) in [5.74, 6) is -1.43. The van der Waals surface area contributed by atoms with Crippen molar-refractivity contribution in [3.05, 3.63) is 46.0 Å². The van der Waals surface area contributed by atoms with Gasteiger partial charge in [-0.1, -0.05) is 0 Å². The Hall–Kier alpha value is -3.76. The average Bonchev–Trinajstić information content (AvgIpc) is 3.04. The van der Waals surface area contributed by atoms with Crippen LogP contribution in [0, 0.1) is 6.92 Å². The van der Waals surface area contributed by atoms with Crippen molar-refractivity contribution in [2.24, 2.45) is 14.1 Å². The molecule has 3 aromatic rings. The molecule has 0 aliphatic carbocycles. The molecule has 0 amide bonds. The molecule has 11 nitrogen and oxygen atoms in total. The molecule has 0 aliphatic rings. The van der Waals surface area contributed by atoms with Crippen molar-refractivity contribution in [1.29, 1.82) is 0 Å². The zero-order valence-electron chi connectivity index (χ0n) is 17.4. The lowest BCUT2D eigenvalue weighted by atomic mass is 10.2. The average molecular weight is 413 g/mol. The molecule has 3 aromatic heterocycles. The van der Waals surface area contributed by atoms with Crippen LogP contribution in [0.2, 0.25) is 0 Å². The van der Waals surface area contributed by atoms with E-state index in [4.69, 9.17) is 4.74 Å². The summed E-state index contributed by atoms with van der Waals surface area (Å²) < 4.78 is 8.17. The maximum atomic E-state index is 12.6. The number of carbonyl (C=O) groups is 1. The van der Waals surface area contributed by atoms with Gasteiger partial charge in [0.2, 0.25) is 11.7 Å². The minimum atomic E-state index is -1.33. The first-order valence-corrected chi connectivity index (χ1v) is 9.22. The Morgan fingerprint density at radius 1 is 1.27 bits per heavy atom. The number of aromatic carboxylic acids is 1. The number of ether oxygens (including phenoxy) is 1. The van der Waals surface area contributed by atoms with Gasteiger partial charge in [0.25, 0.3) is 5.56 Å². The van der Waals surface area contributed by atoms with E-state index < -0.39 is 17.2 Å². The topological polar surface area (TPSA) is 128 Å². The number of rotatable bonds is 7. The summed E-state index contributed by atoms with van der Waals surface area (Å²) in [6.45, 7) is 3.99. The van der Waals surface area contributed by atoms with Crippen LogP contribution in [0.4, 0.5) is 5.95 Å². The Morgan fingerprint density at radius 2 is 2.00 bits per heavy atom. The smallest absolute Gasteiger partial charge is 0.358 e. The zero-order chi connectivity index (χ0) is 22.0. The highest BCUT2D eigenvalue weighted by Gasteiger charge is 2.23. The fraction of sp³-hybridized carbons (Fsp3) is 0.368. The van der Waals surface area contributed by atoms with Crippen LogP contribution in [-0.4, -0.2) is 54.0 Å². The summed E-state index contributed by atoms with van der Waals surface area (Å²) in [6.07, 6.45) is 5.15. The van der Waals surface area contributed by atoms with Crippen molar-refractivity contribution >= 4 is 11.9 Å². The monoisotopic (exact) mass is 413 g/mol. The molecule has 30 heavy (non-hydrogen) atoms. The first-order valence-electron chi connectivity index (χ1n) is 9.22. The quantitative estimate of drug-likeness (QED) is 0.603. The van der Waals surface area contributed by atoms with E-state index in [1.54, 1.807) is 35.9 Å². The van der Waals surface area contributed by atoms with Crippen LogP contribution in [0.1, 0.15) is 28.8 Å². The maximum absolute atomic E-state index is 12.6. The van der Waals surface area contributed by atoms with Gasteiger partial charge >= 0.3 is 5.97 Å². The summed E-state index contributed by atoms with van der Waals surface area (Å²) >= 11 is 0. The lowest BCUT2D eigenvalue weighted by Crippen LogP contribution is -2.31. The lowest BCUT2D eigenvalue weighted by Gasteiger charge is -2.21. The van der Waals surface area contributed by atoms with E-state index in [1.165, 1.54) is 11.6 Å². The molecule has 11 heteroatoms. The number of nitrogens with zero attached hydrogens (tertiary/aromatic N) is 7. The first kappa shape index (κ1) is 21.0. The molecule has 0 unspecified atom stereocenters.